The summed E-state index contributed by atoms with van der Waals surface area (Å²) >= 11 is 0. The molecular formula is C19H17N5O2. The van der Waals surface area contributed by atoms with Crippen LogP contribution in [-0.4, -0.2) is 20.9 Å². The minimum absolute atomic E-state index is 0.00828. The van der Waals surface area contributed by atoms with Crippen molar-refractivity contribution in [2.24, 2.45) is 5.10 Å². The molecule has 0 bridgehead atoms. The molecule has 26 heavy (non-hydrogen) atoms. The number of amidine groups is 1. The molecule has 0 amide bonds. The standard InChI is InChI=1S/C19H17N5O2/c25-24(26)15-6-3-5-14(12-15)17-9-10-18-16-7-2-1-4-13(16)8-11-19-20-21-23(17)22(18)19/h1-8,11-12,17-18,21H,9-10H2. The Bertz CT molecular complexity index is 954. The molecule has 1 fully saturated rings. The van der Waals surface area contributed by atoms with E-state index in [9.17, 15) is 10.1 Å². The third kappa shape index (κ3) is 2.21. The van der Waals surface area contributed by atoms with Gasteiger partial charge in [-0.25, -0.2) is 5.53 Å². The first-order valence-electron chi connectivity index (χ1n) is 8.65. The van der Waals surface area contributed by atoms with E-state index in [1.807, 2.05) is 23.3 Å². The van der Waals surface area contributed by atoms with E-state index >= 15 is 0 Å². The number of rotatable bonds is 2. The molecular weight excluding hydrogens is 330 g/mol. The summed E-state index contributed by atoms with van der Waals surface area (Å²) < 4.78 is 0. The highest BCUT2D eigenvalue weighted by Crippen LogP contribution is 2.44. The summed E-state index contributed by atoms with van der Waals surface area (Å²) in [5.41, 5.74) is 6.64. The maximum absolute atomic E-state index is 11.1. The number of benzene rings is 2. The predicted molar refractivity (Wildman–Crippen MR) is 97.5 cm³/mol. The van der Waals surface area contributed by atoms with Crippen LogP contribution in [0, 0.1) is 10.1 Å². The molecule has 3 aliphatic rings. The number of non-ortho nitro benzene ring substituents is 1. The lowest BCUT2D eigenvalue weighted by Gasteiger charge is -2.44. The van der Waals surface area contributed by atoms with Crippen LogP contribution in [0.5, 0.6) is 0 Å². The highest BCUT2D eigenvalue weighted by molar-refractivity contribution is 5.98. The number of hydrazine groups is 2. The zero-order chi connectivity index (χ0) is 17.7. The van der Waals surface area contributed by atoms with Crippen molar-refractivity contribution < 1.29 is 4.92 Å². The van der Waals surface area contributed by atoms with Gasteiger partial charge in [0.2, 0.25) is 0 Å². The van der Waals surface area contributed by atoms with Gasteiger partial charge in [0.1, 0.15) is 0 Å². The minimum Gasteiger partial charge on any atom is -0.261 e. The number of nitrogens with zero attached hydrogens (tertiary/aromatic N) is 4. The Morgan fingerprint density at radius 1 is 1.08 bits per heavy atom. The van der Waals surface area contributed by atoms with Crippen LogP contribution >= 0.6 is 0 Å². The van der Waals surface area contributed by atoms with Gasteiger partial charge in [-0.1, -0.05) is 42.5 Å². The average molecular weight is 347 g/mol. The lowest BCUT2D eigenvalue weighted by Crippen LogP contribution is -2.52. The summed E-state index contributed by atoms with van der Waals surface area (Å²) in [7, 11) is 0. The molecule has 0 aromatic heterocycles. The van der Waals surface area contributed by atoms with Crippen LogP contribution in [0.1, 0.15) is 41.6 Å². The fourth-order valence-corrected chi connectivity index (χ4v) is 4.09. The number of fused-ring (bicyclic) bond motifs is 2. The van der Waals surface area contributed by atoms with E-state index < -0.39 is 0 Å². The van der Waals surface area contributed by atoms with Crippen LogP contribution in [0.25, 0.3) is 6.08 Å². The zero-order valence-corrected chi connectivity index (χ0v) is 13.9. The Labute approximate surface area is 150 Å². The first-order valence-corrected chi connectivity index (χ1v) is 8.65. The van der Waals surface area contributed by atoms with Gasteiger partial charge in [-0.15, -0.1) is 10.2 Å². The summed E-state index contributed by atoms with van der Waals surface area (Å²) in [5, 5.41) is 19.8. The number of nitro benzene ring substituents is 1. The van der Waals surface area contributed by atoms with Gasteiger partial charge in [0.25, 0.3) is 5.69 Å². The van der Waals surface area contributed by atoms with Gasteiger partial charge in [0.15, 0.2) is 5.84 Å². The molecule has 0 spiro atoms. The maximum atomic E-state index is 11.1. The lowest BCUT2D eigenvalue weighted by molar-refractivity contribution is -0.385. The highest BCUT2D eigenvalue weighted by atomic mass is 16.6. The van der Waals surface area contributed by atoms with E-state index in [1.54, 1.807) is 12.1 Å². The molecule has 0 aliphatic carbocycles. The fourth-order valence-electron chi connectivity index (χ4n) is 4.09. The molecule has 130 valence electrons. The molecule has 2 aromatic carbocycles. The molecule has 3 aliphatic heterocycles. The minimum atomic E-state index is -0.348. The van der Waals surface area contributed by atoms with Gasteiger partial charge in [-0.3, -0.25) is 15.1 Å². The third-order valence-corrected chi connectivity index (χ3v) is 5.27. The van der Waals surface area contributed by atoms with Crippen LogP contribution in [0.2, 0.25) is 0 Å². The molecule has 7 nitrogen and oxygen atoms in total. The molecule has 2 unspecified atom stereocenters. The molecule has 7 heteroatoms. The zero-order valence-electron chi connectivity index (χ0n) is 13.9. The first-order chi connectivity index (χ1) is 12.7. The van der Waals surface area contributed by atoms with E-state index in [2.05, 4.69) is 39.9 Å². The fraction of sp³-hybridized carbons (Fsp3) is 0.211. The van der Waals surface area contributed by atoms with E-state index in [1.165, 1.54) is 17.2 Å². The van der Waals surface area contributed by atoms with Crippen molar-refractivity contribution in [2.75, 3.05) is 0 Å². The van der Waals surface area contributed by atoms with E-state index in [-0.39, 0.29) is 22.7 Å². The van der Waals surface area contributed by atoms with Crippen molar-refractivity contribution >= 4 is 17.6 Å². The number of nitrogens with one attached hydrogen (secondary N) is 1. The molecule has 0 saturated carbocycles. The second-order valence-electron chi connectivity index (χ2n) is 6.68. The molecule has 3 heterocycles. The highest BCUT2D eigenvalue weighted by Gasteiger charge is 2.43. The summed E-state index contributed by atoms with van der Waals surface area (Å²) in [6, 6.07) is 15.5. The van der Waals surface area contributed by atoms with Crippen molar-refractivity contribution in [3.05, 3.63) is 81.4 Å². The van der Waals surface area contributed by atoms with E-state index in [0.717, 1.165) is 24.2 Å². The normalized spacial score (nSPS) is 23.5. The van der Waals surface area contributed by atoms with Crippen LogP contribution in [0.3, 0.4) is 0 Å². The number of nitro groups is 1. The Morgan fingerprint density at radius 2 is 1.92 bits per heavy atom. The Kier molecular flexibility index (Phi) is 3.29. The Balaban J connectivity index is 1.54. The SMILES string of the molecule is O=[N+]([O-])c1cccc(C2CCC3c4ccccc4C=CC4=NNN2N43)c1. The summed E-state index contributed by atoms with van der Waals surface area (Å²) in [5.74, 6) is 0.862. The van der Waals surface area contributed by atoms with E-state index in [0.29, 0.717) is 0 Å². The van der Waals surface area contributed by atoms with Gasteiger partial charge < -0.3 is 0 Å². The van der Waals surface area contributed by atoms with Crippen molar-refractivity contribution in [2.45, 2.75) is 24.9 Å². The van der Waals surface area contributed by atoms with Crippen molar-refractivity contribution in [3.8, 4) is 0 Å². The van der Waals surface area contributed by atoms with Gasteiger partial charge in [-0.05, 0) is 35.6 Å². The summed E-state index contributed by atoms with van der Waals surface area (Å²) in [6.07, 6.45) is 5.94. The third-order valence-electron chi connectivity index (χ3n) is 5.27. The summed E-state index contributed by atoms with van der Waals surface area (Å²) in [6.45, 7) is 0. The second kappa shape index (κ2) is 5.67. The topological polar surface area (TPSA) is 74.0 Å². The second-order valence-corrected chi connectivity index (χ2v) is 6.68. The molecule has 2 atom stereocenters. The lowest BCUT2D eigenvalue weighted by atomic mass is 9.91. The van der Waals surface area contributed by atoms with Gasteiger partial charge >= 0.3 is 0 Å². The Hall–Kier alpha value is -3.19. The van der Waals surface area contributed by atoms with Crippen molar-refractivity contribution in [3.63, 3.8) is 0 Å². The first kappa shape index (κ1) is 15.1. The van der Waals surface area contributed by atoms with Crippen LogP contribution in [0.15, 0.2) is 59.7 Å². The van der Waals surface area contributed by atoms with Crippen molar-refractivity contribution in [1.82, 2.24) is 15.7 Å². The number of hydrogen-bond donors (Lipinski definition) is 1. The Morgan fingerprint density at radius 3 is 2.81 bits per heavy atom. The van der Waals surface area contributed by atoms with Gasteiger partial charge in [-0.2, -0.15) is 0 Å². The van der Waals surface area contributed by atoms with Crippen LogP contribution < -0.4 is 5.53 Å². The molecule has 2 aromatic rings. The van der Waals surface area contributed by atoms with Crippen molar-refractivity contribution in [1.29, 1.82) is 0 Å². The average Bonchev–Trinajstić information content (AvgIpc) is 3.02. The quantitative estimate of drug-likeness (QED) is 0.664. The maximum Gasteiger partial charge on any atom is 0.269 e. The predicted octanol–water partition coefficient (Wildman–Crippen LogP) is 3.55. The van der Waals surface area contributed by atoms with E-state index in [4.69, 9.17) is 0 Å². The van der Waals surface area contributed by atoms with Gasteiger partial charge in [0.05, 0.1) is 17.0 Å². The molecule has 0 radical (unpaired) electrons. The number of hydrogen-bond acceptors (Lipinski definition) is 6. The van der Waals surface area contributed by atoms with Gasteiger partial charge in [0, 0.05) is 12.1 Å². The summed E-state index contributed by atoms with van der Waals surface area (Å²) in [4.78, 5) is 10.8. The van der Waals surface area contributed by atoms with Crippen LogP contribution in [-0.2, 0) is 0 Å². The smallest absolute Gasteiger partial charge is 0.261 e. The molecule has 1 saturated heterocycles. The largest absolute Gasteiger partial charge is 0.269 e. The molecule has 1 N–H and O–H groups in total. The monoisotopic (exact) mass is 347 g/mol. The molecule has 5 rings (SSSR count). The number of hydrazone groups is 1. The van der Waals surface area contributed by atoms with Crippen LogP contribution in [0.4, 0.5) is 5.69 Å².